The third kappa shape index (κ3) is 3.55. The van der Waals surface area contributed by atoms with Crippen LogP contribution in [0.15, 0.2) is 79.1 Å². The van der Waals surface area contributed by atoms with Gasteiger partial charge in [0.1, 0.15) is 6.54 Å². The number of fused-ring (bicyclic) bond motifs is 1. The van der Waals surface area contributed by atoms with Gasteiger partial charge in [-0.3, -0.25) is 4.79 Å². The number of hydrogen-bond acceptors (Lipinski definition) is 3. The molecule has 5 heteroatoms. The van der Waals surface area contributed by atoms with Gasteiger partial charge in [-0.05, 0) is 47.5 Å². The van der Waals surface area contributed by atoms with Crippen LogP contribution < -0.4 is 5.32 Å². The number of carbonyl (C=O) groups excluding carboxylic acids is 1. The summed E-state index contributed by atoms with van der Waals surface area (Å²) < 4.78 is 1.82. The summed E-state index contributed by atoms with van der Waals surface area (Å²) in [5, 5.41) is 12.0. The molecule has 1 aromatic heterocycles. The number of nitriles is 1. The third-order valence-corrected chi connectivity index (χ3v) is 4.31. The quantitative estimate of drug-likeness (QED) is 0.598. The number of anilines is 1. The van der Waals surface area contributed by atoms with Gasteiger partial charge >= 0.3 is 0 Å². The lowest BCUT2D eigenvalue weighted by Crippen LogP contribution is -2.18. The predicted molar refractivity (Wildman–Crippen MR) is 105 cm³/mol. The van der Waals surface area contributed by atoms with E-state index in [1.54, 1.807) is 12.4 Å². The van der Waals surface area contributed by atoms with E-state index in [4.69, 9.17) is 5.26 Å². The van der Waals surface area contributed by atoms with E-state index in [9.17, 15) is 4.79 Å². The maximum atomic E-state index is 12.5. The Hall–Kier alpha value is -3.91. The Morgan fingerprint density at radius 3 is 2.63 bits per heavy atom. The van der Waals surface area contributed by atoms with E-state index in [-0.39, 0.29) is 12.5 Å². The molecule has 130 valence electrons. The molecule has 0 aliphatic heterocycles. The number of imidazole rings is 1. The van der Waals surface area contributed by atoms with E-state index >= 15 is 0 Å². The molecule has 4 aromatic rings. The summed E-state index contributed by atoms with van der Waals surface area (Å²) in [6.45, 7) is 0.189. The molecule has 1 heterocycles. The van der Waals surface area contributed by atoms with Gasteiger partial charge in [0.25, 0.3) is 0 Å². The molecule has 0 radical (unpaired) electrons. The van der Waals surface area contributed by atoms with Crippen LogP contribution in [0, 0.1) is 11.3 Å². The average molecular weight is 352 g/mol. The van der Waals surface area contributed by atoms with Crippen LogP contribution in [0.1, 0.15) is 5.56 Å². The SMILES string of the molecule is N#Cc1cccc(-c2cccc(NC(=O)Cn3cnc4ccccc43)c2)c1. The molecule has 0 saturated carbocycles. The fourth-order valence-electron chi connectivity index (χ4n) is 3.04. The minimum absolute atomic E-state index is 0.124. The highest BCUT2D eigenvalue weighted by atomic mass is 16.1. The van der Waals surface area contributed by atoms with Crippen LogP contribution in [0.2, 0.25) is 0 Å². The summed E-state index contributed by atoms with van der Waals surface area (Å²) >= 11 is 0. The zero-order chi connectivity index (χ0) is 18.6. The number of para-hydroxylation sites is 2. The highest BCUT2D eigenvalue weighted by Crippen LogP contribution is 2.23. The summed E-state index contributed by atoms with van der Waals surface area (Å²) in [6, 6.07) is 24.8. The van der Waals surface area contributed by atoms with Crippen molar-refractivity contribution in [3.05, 3.63) is 84.7 Å². The topological polar surface area (TPSA) is 70.7 Å². The van der Waals surface area contributed by atoms with Gasteiger partial charge in [0.05, 0.1) is 29.0 Å². The number of rotatable bonds is 4. The second-order valence-electron chi connectivity index (χ2n) is 6.18. The molecule has 5 nitrogen and oxygen atoms in total. The molecule has 0 saturated heterocycles. The van der Waals surface area contributed by atoms with Crippen molar-refractivity contribution in [2.75, 3.05) is 5.32 Å². The van der Waals surface area contributed by atoms with Crippen molar-refractivity contribution >= 4 is 22.6 Å². The van der Waals surface area contributed by atoms with E-state index in [2.05, 4.69) is 16.4 Å². The molecule has 1 amide bonds. The molecule has 0 spiro atoms. The Morgan fingerprint density at radius 1 is 1.00 bits per heavy atom. The van der Waals surface area contributed by atoms with E-state index in [1.807, 2.05) is 71.3 Å². The molecule has 0 fully saturated rings. The molecule has 0 unspecified atom stereocenters. The molecule has 0 bridgehead atoms. The molecule has 3 aromatic carbocycles. The third-order valence-electron chi connectivity index (χ3n) is 4.31. The first kappa shape index (κ1) is 16.6. The van der Waals surface area contributed by atoms with E-state index in [0.29, 0.717) is 11.3 Å². The molecule has 1 N–H and O–H groups in total. The van der Waals surface area contributed by atoms with Crippen molar-refractivity contribution in [1.29, 1.82) is 5.26 Å². The lowest BCUT2D eigenvalue weighted by Gasteiger charge is -2.09. The average Bonchev–Trinajstić information content (AvgIpc) is 3.11. The van der Waals surface area contributed by atoms with Crippen molar-refractivity contribution in [1.82, 2.24) is 9.55 Å². The van der Waals surface area contributed by atoms with Crippen molar-refractivity contribution in [3.8, 4) is 17.2 Å². The fourth-order valence-corrected chi connectivity index (χ4v) is 3.04. The standard InChI is InChI=1S/C22H16N4O/c23-13-16-5-3-6-17(11-16)18-7-4-8-19(12-18)25-22(27)14-26-15-24-20-9-1-2-10-21(20)26/h1-12,15H,14H2,(H,25,27). The number of hydrogen-bond donors (Lipinski definition) is 1. The van der Waals surface area contributed by atoms with Crippen LogP contribution in [0.25, 0.3) is 22.2 Å². The maximum Gasteiger partial charge on any atom is 0.244 e. The number of nitrogens with one attached hydrogen (secondary N) is 1. The monoisotopic (exact) mass is 352 g/mol. The first-order valence-corrected chi connectivity index (χ1v) is 8.53. The maximum absolute atomic E-state index is 12.5. The van der Waals surface area contributed by atoms with Crippen LogP contribution in [-0.2, 0) is 11.3 Å². The number of amides is 1. The van der Waals surface area contributed by atoms with Gasteiger partial charge in [-0.25, -0.2) is 4.98 Å². The second kappa shape index (κ2) is 7.14. The van der Waals surface area contributed by atoms with Crippen LogP contribution in [0.3, 0.4) is 0 Å². The first-order chi connectivity index (χ1) is 13.2. The van der Waals surface area contributed by atoms with Crippen molar-refractivity contribution in [3.63, 3.8) is 0 Å². The molecule has 0 aliphatic carbocycles. The van der Waals surface area contributed by atoms with Crippen molar-refractivity contribution in [2.24, 2.45) is 0 Å². The summed E-state index contributed by atoms with van der Waals surface area (Å²) in [4.78, 5) is 16.8. The summed E-state index contributed by atoms with van der Waals surface area (Å²) in [7, 11) is 0. The van der Waals surface area contributed by atoms with E-state index in [1.165, 1.54) is 0 Å². The van der Waals surface area contributed by atoms with Gasteiger partial charge in [0.15, 0.2) is 0 Å². The Labute approximate surface area is 156 Å². The molecule has 4 rings (SSSR count). The minimum Gasteiger partial charge on any atom is -0.325 e. The fraction of sp³-hybridized carbons (Fsp3) is 0.0455. The van der Waals surface area contributed by atoms with Gasteiger partial charge in [-0.2, -0.15) is 5.26 Å². The van der Waals surface area contributed by atoms with Gasteiger partial charge < -0.3 is 9.88 Å². The normalized spacial score (nSPS) is 10.5. The molecular weight excluding hydrogens is 336 g/mol. The molecule has 0 atom stereocenters. The highest BCUT2D eigenvalue weighted by molar-refractivity contribution is 5.92. The number of benzene rings is 3. The summed E-state index contributed by atoms with van der Waals surface area (Å²) in [5.41, 5.74) is 4.99. The lowest BCUT2D eigenvalue weighted by atomic mass is 10.0. The van der Waals surface area contributed by atoms with Crippen molar-refractivity contribution < 1.29 is 4.79 Å². The number of nitrogens with zero attached hydrogens (tertiary/aromatic N) is 3. The highest BCUT2D eigenvalue weighted by Gasteiger charge is 2.08. The van der Waals surface area contributed by atoms with E-state index in [0.717, 1.165) is 22.2 Å². The zero-order valence-electron chi connectivity index (χ0n) is 14.5. The van der Waals surface area contributed by atoms with Crippen LogP contribution >= 0.6 is 0 Å². The lowest BCUT2D eigenvalue weighted by molar-refractivity contribution is -0.116. The van der Waals surface area contributed by atoms with Gasteiger partial charge in [0, 0.05) is 5.69 Å². The Bertz CT molecular complexity index is 1170. The summed E-state index contributed by atoms with van der Waals surface area (Å²) in [5.74, 6) is -0.124. The number of aromatic nitrogens is 2. The first-order valence-electron chi connectivity index (χ1n) is 8.53. The molecular formula is C22H16N4O. The number of carbonyl (C=O) groups is 1. The van der Waals surface area contributed by atoms with Crippen LogP contribution in [0.4, 0.5) is 5.69 Å². The van der Waals surface area contributed by atoms with Crippen LogP contribution in [0.5, 0.6) is 0 Å². The molecule has 27 heavy (non-hydrogen) atoms. The zero-order valence-corrected chi connectivity index (χ0v) is 14.5. The Kier molecular flexibility index (Phi) is 4.38. The van der Waals surface area contributed by atoms with Crippen molar-refractivity contribution in [2.45, 2.75) is 6.54 Å². The second-order valence-corrected chi connectivity index (χ2v) is 6.18. The Balaban J connectivity index is 1.52. The van der Waals surface area contributed by atoms with Gasteiger partial charge in [-0.15, -0.1) is 0 Å². The largest absolute Gasteiger partial charge is 0.325 e. The molecule has 0 aliphatic rings. The van der Waals surface area contributed by atoms with Crippen LogP contribution in [-0.4, -0.2) is 15.5 Å². The summed E-state index contributed by atoms with van der Waals surface area (Å²) in [6.07, 6.45) is 1.67. The smallest absolute Gasteiger partial charge is 0.244 e. The van der Waals surface area contributed by atoms with Gasteiger partial charge in [0.2, 0.25) is 5.91 Å². The minimum atomic E-state index is -0.124. The predicted octanol–water partition coefficient (Wildman–Crippen LogP) is 4.21. The van der Waals surface area contributed by atoms with E-state index < -0.39 is 0 Å². The Morgan fingerprint density at radius 2 is 1.78 bits per heavy atom. The van der Waals surface area contributed by atoms with Gasteiger partial charge in [-0.1, -0.05) is 36.4 Å².